The smallest absolute Gasteiger partial charge is 0.234 e. The van der Waals surface area contributed by atoms with Gasteiger partial charge in [0.15, 0.2) is 0 Å². The fourth-order valence-electron chi connectivity index (χ4n) is 3.63. The SMILES string of the molecule is CCOC1(S(=O)(=O)c2ccc(Cl)cc2)C=CC=CC1NCC(=O)NC(C)c1ccccc1. The zero-order chi connectivity index (χ0) is 23.2. The minimum absolute atomic E-state index is 0.0784. The molecule has 1 amide bonds. The summed E-state index contributed by atoms with van der Waals surface area (Å²) in [6.07, 6.45) is 6.58. The van der Waals surface area contributed by atoms with Gasteiger partial charge in [-0.1, -0.05) is 60.2 Å². The fraction of sp³-hybridized carbons (Fsp3) is 0.292. The quantitative estimate of drug-likeness (QED) is 0.577. The summed E-state index contributed by atoms with van der Waals surface area (Å²) in [6.45, 7) is 3.72. The van der Waals surface area contributed by atoms with Gasteiger partial charge in [-0.25, -0.2) is 8.42 Å². The van der Waals surface area contributed by atoms with E-state index in [1.165, 1.54) is 30.3 Å². The van der Waals surface area contributed by atoms with Crippen LogP contribution >= 0.6 is 11.6 Å². The normalized spacial score (nSPS) is 21.3. The Balaban J connectivity index is 1.79. The summed E-state index contributed by atoms with van der Waals surface area (Å²) in [5.74, 6) is -0.251. The number of ether oxygens (including phenoxy) is 1. The van der Waals surface area contributed by atoms with Crippen molar-refractivity contribution in [1.29, 1.82) is 0 Å². The lowest BCUT2D eigenvalue weighted by Gasteiger charge is -2.38. The molecule has 0 aromatic heterocycles. The van der Waals surface area contributed by atoms with E-state index in [2.05, 4.69) is 10.6 Å². The van der Waals surface area contributed by atoms with Crippen LogP contribution in [0.1, 0.15) is 25.5 Å². The molecule has 170 valence electrons. The molecule has 0 bridgehead atoms. The van der Waals surface area contributed by atoms with E-state index < -0.39 is 20.8 Å². The Morgan fingerprint density at radius 1 is 1.12 bits per heavy atom. The third kappa shape index (κ3) is 5.13. The Bertz CT molecular complexity index is 1080. The van der Waals surface area contributed by atoms with Crippen LogP contribution in [0.5, 0.6) is 0 Å². The van der Waals surface area contributed by atoms with E-state index in [4.69, 9.17) is 16.3 Å². The standard InChI is InChI=1S/C24H27ClN2O4S/c1-3-31-24(32(29,30)21-14-12-20(25)13-15-21)16-8-7-11-22(24)26-17-23(28)27-18(2)19-9-5-4-6-10-19/h4-16,18,22,26H,3,17H2,1-2H3,(H,27,28). The number of allylic oxidation sites excluding steroid dienone is 2. The van der Waals surface area contributed by atoms with Crippen LogP contribution in [-0.4, -0.2) is 38.5 Å². The molecule has 8 heteroatoms. The highest BCUT2D eigenvalue weighted by molar-refractivity contribution is 7.93. The van der Waals surface area contributed by atoms with Gasteiger partial charge in [-0.2, -0.15) is 0 Å². The van der Waals surface area contributed by atoms with Crippen LogP contribution in [0.25, 0.3) is 0 Å². The molecular weight excluding hydrogens is 448 g/mol. The molecule has 0 saturated heterocycles. The lowest BCUT2D eigenvalue weighted by Crippen LogP contribution is -2.57. The van der Waals surface area contributed by atoms with Crippen LogP contribution < -0.4 is 10.6 Å². The monoisotopic (exact) mass is 474 g/mol. The van der Waals surface area contributed by atoms with Crippen molar-refractivity contribution in [1.82, 2.24) is 10.6 Å². The van der Waals surface area contributed by atoms with Gasteiger partial charge in [0.2, 0.25) is 20.7 Å². The van der Waals surface area contributed by atoms with Gasteiger partial charge in [0.05, 0.1) is 23.5 Å². The average Bonchev–Trinajstić information content (AvgIpc) is 2.79. The van der Waals surface area contributed by atoms with Crippen molar-refractivity contribution in [3.05, 3.63) is 89.5 Å². The molecule has 2 aromatic carbocycles. The molecule has 3 atom stereocenters. The van der Waals surface area contributed by atoms with E-state index in [1.807, 2.05) is 37.3 Å². The third-order valence-electron chi connectivity index (χ3n) is 5.25. The number of benzene rings is 2. The van der Waals surface area contributed by atoms with Gasteiger partial charge in [-0.3, -0.25) is 10.1 Å². The first-order valence-electron chi connectivity index (χ1n) is 10.4. The maximum atomic E-state index is 13.6. The van der Waals surface area contributed by atoms with Crippen molar-refractivity contribution in [2.24, 2.45) is 0 Å². The first kappa shape index (κ1) is 24.2. The summed E-state index contributed by atoms with van der Waals surface area (Å²) in [4.78, 5) is 11.0. The van der Waals surface area contributed by atoms with Gasteiger partial charge in [0, 0.05) is 11.6 Å². The second-order valence-corrected chi connectivity index (χ2v) is 9.97. The first-order valence-corrected chi connectivity index (χ1v) is 12.2. The van der Waals surface area contributed by atoms with Crippen molar-refractivity contribution < 1.29 is 17.9 Å². The molecule has 3 rings (SSSR count). The van der Waals surface area contributed by atoms with Crippen molar-refractivity contribution in [3.8, 4) is 0 Å². The lowest BCUT2D eigenvalue weighted by molar-refractivity contribution is -0.121. The predicted octanol–water partition coefficient (Wildman–Crippen LogP) is 3.81. The largest absolute Gasteiger partial charge is 0.354 e. The Hall–Kier alpha value is -2.45. The molecule has 2 aromatic rings. The van der Waals surface area contributed by atoms with Crippen molar-refractivity contribution in [3.63, 3.8) is 0 Å². The van der Waals surface area contributed by atoms with Gasteiger partial charge in [0.25, 0.3) is 0 Å². The molecule has 32 heavy (non-hydrogen) atoms. The molecule has 0 heterocycles. The van der Waals surface area contributed by atoms with Gasteiger partial charge in [0.1, 0.15) is 0 Å². The fourth-order valence-corrected chi connectivity index (χ4v) is 5.64. The van der Waals surface area contributed by atoms with Crippen LogP contribution in [0, 0.1) is 0 Å². The molecule has 0 radical (unpaired) electrons. The Labute approximate surface area is 194 Å². The van der Waals surface area contributed by atoms with Gasteiger partial charge in [-0.15, -0.1) is 0 Å². The summed E-state index contributed by atoms with van der Waals surface area (Å²) in [5.41, 5.74) is 0.982. The minimum atomic E-state index is -3.98. The predicted molar refractivity (Wildman–Crippen MR) is 126 cm³/mol. The topological polar surface area (TPSA) is 84.5 Å². The number of rotatable bonds is 9. The van der Waals surface area contributed by atoms with Crippen molar-refractivity contribution in [2.75, 3.05) is 13.2 Å². The second-order valence-electron chi connectivity index (χ2n) is 7.41. The summed E-state index contributed by atoms with van der Waals surface area (Å²) in [6, 6.07) is 14.6. The highest BCUT2D eigenvalue weighted by Gasteiger charge is 2.50. The molecule has 0 aliphatic heterocycles. The molecule has 0 fully saturated rings. The number of carbonyl (C=O) groups excluding carboxylic acids is 1. The molecule has 6 nitrogen and oxygen atoms in total. The number of nitrogens with one attached hydrogen (secondary N) is 2. The van der Waals surface area contributed by atoms with Gasteiger partial charge < -0.3 is 10.1 Å². The average molecular weight is 475 g/mol. The van der Waals surface area contributed by atoms with E-state index in [9.17, 15) is 13.2 Å². The number of halogens is 1. The highest BCUT2D eigenvalue weighted by Crippen LogP contribution is 2.35. The molecule has 2 N–H and O–H groups in total. The summed E-state index contributed by atoms with van der Waals surface area (Å²) >= 11 is 5.93. The Morgan fingerprint density at radius 2 is 1.81 bits per heavy atom. The number of carbonyl (C=O) groups is 1. The maximum absolute atomic E-state index is 13.6. The zero-order valence-corrected chi connectivity index (χ0v) is 19.6. The Morgan fingerprint density at radius 3 is 2.47 bits per heavy atom. The van der Waals surface area contributed by atoms with Gasteiger partial charge in [-0.05, 0) is 49.8 Å². The van der Waals surface area contributed by atoms with Crippen molar-refractivity contribution in [2.45, 2.75) is 35.8 Å². The molecule has 0 saturated carbocycles. The van der Waals surface area contributed by atoms with E-state index in [0.29, 0.717) is 5.02 Å². The van der Waals surface area contributed by atoms with E-state index in [1.54, 1.807) is 25.2 Å². The number of hydrogen-bond donors (Lipinski definition) is 2. The van der Waals surface area contributed by atoms with E-state index >= 15 is 0 Å². The number of hydrogen-bond acceptors (Lipinski definition) is 5. The Kier molecular flexibility index (Phi) is 7.90. The number of sulfone groups is 1. The van der Waals surface area contributed by atoms with Crippen LogP contribution in [0.2, 0.25) is 5.02 Å². The first-order chi connectivity index (χ1) is 15.3. The molecule has 1 aliphatic carbocycles. The van der Waals surface area contributed by atoms with Crippen LogP contribution in [-0.2, 0) is 19.4 Å². The van der Waals surface area contributed by atoms with Crippen LogP contribution in [0.3, 0.4) is 0 Å². The highest BCUT2D eigenvalue weighted by atomic mass is 35.5. The van der Waals surface area contributed by atoms with Gasteiger partial charge >= 0.3 is 0 Å². The summed E-state index contributed by atoms with van der Waals surface area (Å²) in [7, 11) is -3.98. The summed E-state index contributed by atoms with van der Waals surface area (Å²) in [5, 5.41) is 6.42. The second kappa shape index (κ2) is 10.4. The minimum Gasteiger partial charge on any atom is -0.354 e. The molecular formula is C24H27ClN2O4S. The molecule has 0 spiro atoms. The van der Waals surface area contributed by atoms with Crippen LogP contribution in [0.4, 0.5) is 0 Å². The van der Waals surface area contributed by atoms with E-state index in [-0.39, 0.29) is 30.0 Å². The summed E-state index contributed by atoms with van der Waals surface area (Å²) < 4.78 is 33.1. The van der Waals surface area contributed by atoms with Crippen LogP contribution in [0.15, 0.2) is 83.8 Å². The third-order valence-corrected chi connectivity index (χ3v) is 7.74. The van der Waals surface area contributed by atoms with E-state index in [0.717, 1.165) is 5.56 Å². The molecule has 1 aliphatic rings. The van der Waals surface area contributed by atoms with Crippen molar-refractivity contribution >= 4 is 27.3 Å². The zero-order valence-electron chi connectivity index (χ0n) is 18.0. The maximum Gasteiger partial charge on any atom is 0.234 e. The lowest BCUT2D eigenvalue weighted by atomic mass is 10.0. The number of amides is 1. The molecule has 3 unspecified atom stereocenters.